The number of hydrogen-bond donors (Lipinski definition) is 1. The number of amidine groups is 2. The monoisotopic (exact) mass is 900 g/mol. The fourth-order valence-electron chi connectivity index (χ4n) is 9.58. The van der Waals surface area contributed by atoms with Crippen molar-refractivity contribution in [1.82, 2.24) is 10.3 Å². The van der Waals surface area contributed by atoms with Crippen molar-refractivity contribution in [3.8, 4) is 55.8 Å². The Labute approximate surface area is 410 Å². The molecule has 1 atom stereocenters. The molecule has 0 fully saturated rings. The standard InChI is InChI=1S/C66H52N4/c1-2-16-47(20-15-19-46-17-5-3-6-18-46)41-64-68-65(54-38-32-49(33-39-54)48-21-7-4-8-22-48)70-66(69-64)58-43-56(42-57(44-58)51-30-36-53(37-31-51)63-27-13-14-40-67-63)50-28-34-52(35-29-50)62-45-55-23-9-10-24-59(55)60-25-11-12-26-61(60)62/h3-18,20-40,42-45,65H,2,19,41H2,1H3,(H,68,69,70)/b20-15-,47-16+. The SMILES string of the molecule is CC/C=C(\C=C/Cc1ccccc1)CC1=NC(c2ccc(-c3ccccc3)cc2)NC(c2cc(-c3ccc(-c4ccccn4)cc3)cc(-c3ccc(-c4cc5ccccc5c5ccccc45)cc3)c2)=N1. The minimum atomic E-state index is -0.343. The molecule has 1 unspecified atom stereocenters. The van der Waals surface area contributed by atoms with Gasteiger partial charge in [-0.15, -0.1) is 0 Å². The van der Waals surface area contributed by atoms with Crippen LogP contribution in [0.4, 0.5) is 0 Å². The van der Waals surface area contributed by atoms with Gasteiger partial charge in [0.2, 0.25) is 0 Å². The molecule has 10 aromatic rings. The molecule has 70 heavy (non-hydrogen) atoms. The van der Waals surface area contributed by atoms with E-state index in [1.165, 1.54) is 54.9 Å². The summed E-state index contributed by atoms with van der Waals surface area (Å²) in [5.41, 5.74) is 15.8. The van der Waals surface area contributed by atoms with E-state index in [9.17, 15) is 0 Å². The molecule has 4 heteroatoms. The predicted octanol–water partition coefficient (Wildman–Crippen LogP) is 16.7. The Balaban J connectivity index is 0.996. The molecule has 1 aliphatic heterocycles. The fraction of sp³-hybridized carbons (Fsp3) is 0.0758. The average Bonchev–Trinajstić information content (AvgIpc) is 3.43. The van der Waals surface area contributed by atoms with E-state index in [-0.39, 0.29) is 6.17 Å². The van der Waals surface area contributed by atoms with Gasteiger partial charge in [0.1, 0.15) is 17.8 Å². The lowest BCUT2D eigenvalue weighted by molar-refractivity contribution is 0.671. The third-order valence-electron chi connectivity index (χ3n) is 13.2. The average molecular weight is 901 g/mol. The highest BCUT2D eigenvalue weighted by atomic mass is 15.2. The smallest absolute Gasteiger partial charge is 0.147 e. The minimum Gasteiger partial charge on any atom is -0.344 e. The quantitative estimate of drug-likeness (QED) is 0.0926. The maximum absolute atomic E-state index is 5.38. The molecule has 0 saturated heterocycles. The molecule has 4 nitrogen and oxygen atoms in total. The summed E-state index contributed by atoms with van der Waals surface area (Å²) < 4.78 is 0. The molecule has 336 valence electrons. The Morgan fingerprint density at radius 1 is 0.500 bits per heavy atom. The van der Waals surface area contributed by atoms with Gasteiger partial charge in [-0.1, -0.05) is 213 Å². The number of hydrogen-bond acceptors (Lipinski definition) is 4. The van der Waals surface area contributed by atoms with Crippen LogP contribution in [0.25, 0.3) is 77.3 Å². The predicted molar refractivity (Wildman–Crippen MR) is 295 cm³/mol. The van der Waals surface area contributed by atoms with Gasteiger partial charge < -0.3 is 5.32 Å². The van der Waals surface area contributed by atoms with Crippen molar-refractivity contribution in [1.29, 1.82) is 0 Å². The second kappa shape index (κ2) is 20.2. The summed E-state index contributed by atoms with van der Waals surface area (Å²) >= 11 is 0. The van der Waals surface area contributed by atoms with Crippen molar-refractivity contribution in [3.05, 3.63) is 271 Å². The van der Waals surface area contributed by atoms with Gasteiger partial charge >= 0.3 is 0 Å². The van der Waals surface area contributed by atoms with Gasteiger partial charge in [0.15, 0.2) is 0 Å². The first-order valence-electron chi connectivity index (χ1n) is 24.3. The summed E-state index contributed by atoms with van der Waals surface area (Å²) in [6, 6.07) is 80.3. The molecule has 0 aliphatic carbocycles. The number of fused-ring (bicyclic) bond motifs is 3. The molecule has 0 radical (unpaired) electrons. The van der Waals surface area contributed by atoms with Crippen LogP contribution >= 0.6 is 0 Å². The Kier molecular flexibility index (Phi) is 12.7. The third-order valence-corrected chi connectivity index (χ3v) is 13.2. The summed E-state index contributed by atoms with van der Waals surface area (Å²) in [5.74, 6) is 1.58. The number of aliphatic imine (C=N–C) groups is 2. The second-order valence-electron chi connectivity index (χ2n) is 17.9. The first kappa shape index (κ1) is 43.8. The van der Waals surface area contributed by atoms with Crippen molar-refractivity contribution in [2.24, 2.45) is 9.98 Å². The number of benzene rings is 9. The topological polar surface area (TPSA) is 49.6 Å². The van der Waals surface area contributed by atoms with Crippen LogP contribution in [0.2, 0.25) is 0 Å². The van der Waals surface area contributed by atoms with Crippen LogP contribution in [0.15, 0.2) is 264 Å². The summed E-state index contributed by atoms with van der Waals surface area (Å²) in [6.45, 7) is 2.19. The zero-order valence-electron chi connectivity index (χ0n) is 39.2. The van der Waals surface area contributed by atoms with Gasteiger partial charge in [0.05, 0.1) is 5.69 Å². The van der Waals surface area contributed by atoms with E-state index in [4.69, 9.17) is 9.98 Å². The molecule has 0 spiro atoms. The summed E-state index contributed by atoms with van der Waals surface area (Å²) in [5, 5.41) is 8.83. The first-order valence-corrected chi connectivity index (χ1v) is 24.3. The van der Waals surface area contributed by atoms with Crippen molar-refractivity contribution < 1.29 is 0 Å². The highest BCUT2D eigenvalue weighted by molar-refractivity contribution is 6.14. The van der Waals surface area contributed by atoms with Crippen molar-refractivity contribution in [3.63, 3.8) is 0 Å². The lowest BCUT2D eigenvalue weighted by atomic mass is 9.91. The lowest BCUT2D eigenvalue weighted by Crippen LogP contribution is -2.33. The Hall–Kier alpha value is -8.73. The molecule has 1 N–H and O–H groups in total. The lowest BCUT2D eigenvalue weighted by Gasteiger charge is -2.25. The van der Waals surface area contributed by atoms with Crippen molar-refractivity contribution >= 4 is 33.2 Å². The molecule has 0 bridgehead atoms. The number of aromatic nitrogens is 1. The number of nitrogens with one attached hydrogen (secondary N) is 1. The van der Waals surface area contributed by atoms with Gasteiger partial charge in [-0.25, -0.2) is 9.98 Å². The van der Waals surface area contributed by atoms with E-state index in [2.05, 4.69) is 248 Å². The fourth-order valence-corrected chi connectivity index (χ4v) is 9.58. The molecule has 2 heterocycles. The Morgan fingerprint density at radius 2 is 1.07 bits per heavy atom. The van der Waals surface area contributed by atoms with E-state index in [0.717, 1.165) is 69.2 Å². The number of rotatable bonds is 13. The van der Waals surface area contributed by atoms with Crippen LogP contribution in [-0.2, 0) is 6.42 Å². The first-order chi connectivity index (χ1) is 34.6. The minimum absolute atomic E-state index is 0.343. The molecule has 1 aliphatic rings. The van der Waals surface area contributed by atoms with Gasteiger partial charge in [0, 0.05) is 23.7 Å². The maximum Gasteiger partial charge on any atom is 0.147 e. The van der Waals surface area contributed by atoms with Crippen LogP contribution in [0.3, 0.4) is 0 Å². The summed E-state index contributed by atoms with van der Waals surface area (Å²) in [6.07, 6.45) is 10.7. The summed E-state index contributed by atoms with van der Waals surface area (Å²) in [7, 11) is 0. The van der Waals surface area contributed by atoms with E-state index in [1.54, 1.807) is 0 Å². The van der Waals surface area contributed by atoms with E-state index in [1.807, 2.05) is 18.3 Å². The van der Waals surface area contributed by atoms with Crippen LogP contribution in [-0.4, -0.2) is 16.7 Å². The van der Waals surface area contributed by atoms with Gasteiger partial charge in [-0.05, 0) is 132 Å². The van der Waals surface area contributed by atoms with Crippen LogP contribution in [0, 0.1) is 0 Å². The van der Waals surface area contributed by atoms with Crippen LogP contribution < -0.4 is 5.32 Å². The molecule has 1 aromatic heterocycles. The number of allylic oxidation sites excluding steroid dienone is 3. The zero-order chi connectivity index (χ0) is 47.1. The zero-order valence-corrected chi connectivity index (χ0v) is 39.2. The summed E-state index contributed by atoms with van der Waals surface area (Å²) in [4.78, 5) is 15.3. The van der Waals surface area contributed by atoms with E-state index in [0.29, 0.717) is 6.42 Å². The van der Waals surface area contributed by atoms with Crippen molar-refractivity contribution in [2.75, 3.05) is 0 Å². The third kappa shape index (κ3) is 9.67. The largest absolute Gasteiger partial charge is 0.344 e. The van der Waals surface area contributed by atoms with E-state index >= 15 is 0 Å². The highest BCUT2D eigenvalue weighted by Crippen LogP contribution is 2.37. The van der Waals surface area contributed by atoms with Crippen molar-refractivity contribution in [2.45, 2.75) is 32.4 Å². The van der Waals surface area contributed by atoms with Gasteiger partial charge in [-0.3, -0.25) is 4.98 Å². The number of pyridine rings is 1. The molecule has 0 amide bonds. The maximum atomic E-state index is 5.38. The number of nitrogens with zero attached hydrogens (tertiary/aromatic N) is 3. The van der Waals surface area contributed by atoms with Crippen LogP contribution in [0.5, 0.6) is 0 Å². The second-order valence-corrected chi connectivity index (χ2v) is 17.9. The molecule has 9 aromatic carbocycles. The Bertz CT molecular complexity index is 3550. The molecule has 11 rings (SSSR count). The van der Waals surface area contributed by atoms with Crippen LogP contribution in [0.1, 0.15) is 42.6 Å². The van der Waals surface area contributed by atoms with Gasteiger partial charge in [-0.2, -0.15) is 0 Å². The Morgan fingerprint density at radius 3 is 1.77 bits per heavy atom. The normalized spacial score (nSPS) is 13.8. The molecule has 0 saturated carbocycles. The molecular formula is C66H52N4. The highest BCUT2D eigenvalue weighted by Gasteiger charge is 2.22. The van der Waals surface area contributed by atoms with Gasteiger partial charge in [0.25, 0.3) is 0 Å². The van der Waals surface area contributed by atoms with E-state index < -0.39 is 0 Å². The molecular weight excluding hydrogens is 849 g/mol.